The Hall–Kier alpha value is -0.0800. The van der Waals surface area contributed by atoms with Crippen LogP contribution in [0.2, 0.25) is 0 Å². The molecule has 1 unspecified atom stereocenters. The maximum atomic E-state index is 10.7. The molecule has 0 aliphatic carbocycles. The molecule has 0 saturated carbocycles. The van der Waals surface area contributed by atoms with Crippen LogP contribution in [0.15, 0.2) is 0 Å². The van der Waals surface area contributed by atoms with E-state index in [-0.39, 0.29) is 6.04 Å². The van der Waals surface area contributed by atoms with E-state index in [9.17, 15) is 5.11 Å². The van der Waals surface area contributed by atoms with Gasteiger partial charge < -0.3 is 5.32 Å². The highest BCUT2D eigenvalue weighted by Crippen LogP contribution is 2.08. The summed E-state index contributed by atoms with van der Waals surface area (Å²) in [6, 6.07) is 0.259. The molecule has 2 atom stereocenters. The fourth-order valence-electron chi connectivity index (χ4n) is 1.11. The van der Waals surface area contributed by atoms with Crippen LogP contribution >= 0.6 is 0 Å². The lowest BCUT2D eigenvalue weighted by Gasteiger charge is -2.09. The van der Waals surface area contributed by atoms with E-state index in [1.165, 1.54) is 6.42 Å². The Labute approximate surface area is 49.9 Å². The molecule has 0 bridgehead atoms. The molecule has 1 saturated heterocycles. The van der Waals surface area contributed by atoms with Crippen LogP contribution in [0.4, 0.5) is 0 Å². The minimum atomic E-state index is -0.419. The Kier molecular flexibility index (Phi) is 1.86. The van der Waals surface area contributed by atoms with Crippen molar-refractivity contribution >= 4 is 0 Å². The standard InChI is InChI=1S/C6H12NO/c1-5(8)6-3-2-4-7-6/h5-7H,2-4H2,1H3/t5-,6?/m0/s1. The monoisotopic (exact) mass is 114 g/mol. The molecule has 0 aromatic rings. The Morgan fingerprint density at radius 1 is 1.75 bits per heavy atom. The normalized spacial score (nSPS) is 33.0. The third-order valence-corrected chi connectivity index (χ3v) is 1.67. The quantitative estimate of drug-likeness (QED) is 0.530. The third-order valence-electron chi connectivity index (χ3n) is 1.67. The van der Waals surface area contributed by atoms with Crippen LogP contribution in [0.5, 0.6) is 0 Å². The lowest BCUT2D eigenvalue weighted by Crippen LogP contribution is -2.31. The predicted octanol–water partition coefficient (Wildman–Crippen LogP) is 0.557. The van der Waals surface area contributed by atoms with Gasteiger partial charge in [0.25, 0.3) is 0 Å². The van der Waals surface area contributed by atoms with Crippen molar-refractivity contribution in [1.82, 2.24) is 5.32 Å². The van der Waals surface area contributed by atoms with Crippen molar-refractivity contribution in [2.45, 2.75) is 31.9 Å². The highest BCUT2D eigenvalue weighted by atomic mass is 16.3. The molecule has 0 aromatic carbocycles. The molecular formula is C6H12NO. The van der Waals surface area contributed by atoms with Crippen molar-refractivity contribution in [2.75, 3.05) is 6.54 Å². The maximum Gasteiger partial charge on any atom is 0.105 e. The second-order valence-corrected chi connectivity index (χ2v) is 2.41. The van der Waals surface area contributed by atoms with Crippen molar-refractivity contribution < 1.29 is 5.11 Å². The minimum absolute atomic E-state index is 0.259. The van der Waals surface area contributed by atoms with Gasteiger partial charge in [0, 0.05) is 6.04 Å². The molecule has 1 aliphatic heterocycles. The summed E-state index contributed by atoms with van der Waals surface area (Å²) in [7, 11) is 0. The van der Waals surface area contributed by atoms with Gasteiger partial charge in [0.1, 0.15) is 6.10 Å². The smallest absolute Gasteiger partial charge is 0.105 e. The number of hydrogen-bond donors (Lipinski definition) is 1. The van der Waals surface area contributed by atoms with Crippen molar-refractivity contribution in [3.8, 4) is 0 Å². The molecular weight excluding hydrogens is 102 g/mol. The second-order valence-electron chi connectivity index (χ2n) is 2.41. The zero-order chi connectivity index (χ0) is 5.98. The highest BCUT2D eigenvalue weighted by Gasteiger charge is 2.19. The molecule has 0 amide bonds. The fraction of sp³-hybridized carbons (Fsp3) is 1.00. The fourth-order valence-corrected chi connectivity index (χ4v) is 1.11. The first-order chi connectivity index (χ1) is 3.80. The third kappa shape index (κ3) is 1.20. The largest absolute Gasteiger partial charge is 0.311 e. The molecule has 1 fully saturated rings. The summed E-state index contributed by atoms with van der Waals surface area (Å²) in [6.07, 6.45) is 1.83. The first-order valence-electron chi connectivity index (χ1n) is 3.20. The Morgan fingerprint density at radius 3 is 2.75 bits per heavy atom. The van der Waals surface area contributed by atoms with Gasteiger partial charge in [-0.2, -0.15) is 0 Å². The molecule has 0 aromatic heterocycles. The molecule has 1 radical (unpaired) electrons. The Morgan fingerprint density at radius 2 is 2.50 bits per heavy atom. The van der Waals surface area contributed by atoms with Crippen LogP contribution in [-0.2, 0) is 5.11 Å². The Bertz CT molecular complexity index is 66.9. The topological polar surface area (TPSA) is 31.9 Å². The number of hydrogen-bond acceptors (Lipinski definition) is 1. The molecule has 0 spiro atoms. The van der Waals surface area contributed by atoms with Crippen LogP contribution in [0.1, 0.15) is 19.8 Å². The Balaban J connectivity index is 2.24. The van der Waals surface area contributed by atoms with Gasteiger partial charge in [-0.3, -0.25) is 0 Å². The molecule has 2 nitrogen and oxygen atoms in total. The first-order valence-corrected chi connectivity index (χ1v) is 3.20. The van der Waals surface area contributed by atoms with Crippen LogP contribution in [0.3, 0.4) is 0 Å². The van der Waals surface area contributed by atoms with Crippen molar-refractivity contribution in [1.29, 1.82) is 0 Å². The number of rotatable bonds is 1. The van der Waals surface area contributed by atoms with E-state index >= 15 is 0 Å². The zero-order valence-electron chi connectivity index (χ0n) is 5.18. The van der Waals surface area contributed by atoms with Gasteiger partial charge >= 0.3 is 0 Å². The van der Waals surface area contributed by atoms with E-state index in [4.69, 9.17) is 0 Å². The van der Waals surface area contributed by atoms with Gasteiger partial charge in [0.05, 0.1) is 0 Å². The average Bonchev–Trinajstić information content (AvgIpc) is 2.12. The van der Waals surface area contributed by atoms with Crippen LogP contribution in [0.25, 0.3) is 0 Å². The van der Waals surface area contributed by atoms with Crippen molar-refractivity contribution in [3.63, 3.8) is 0 Å². The maximum absolute atomic E-state index is 10.7. The SMILES string of the molecule is C[C@H]([O])C1CCCN1. The first kappa shape index (κ1) is 6.05. The van der Waals surface area contributed by atoms with Crippen molar-refractivity contribution in [3.05, 3.63) is 0 Å². The molecule has 1 aliphatic rings. The summed E-state index contributed by atoms with van der Waals surface area (Å²) in [5, 5.41) is 13.8. The van der Waals surface area contributed by atoms with Crippen LogP contribution in [0, 0.1) is 0 Å². The molecule has 47 valence electrons. The van der Waals surface area contributed by atoms with E-state index in [1.807, 2.05) is 0 Å². The highest BCUT2D eigenvalue weighted by molar-refractivity contribution is 4.77. The van der Waals surface area contributed by atoms with E-state index in [1.54, 1.807) is 6.92 Å². The lowest BCUT2D eigenvalue weighted by atomic mass is 10.1. The van der Waals surface area contributed by atoms with E-state index in [2.05, 4.69) is 5.32 Å². The van der Waals surface area contributed by atoms with Gasteiger partial charge in [-0.15, -0.1) is 0 Å². The zero-order valence-corrected chi connectivity index (χ0v) is 5.18. The lowest BCUT2D eigenvalue weighted by molar-refractivity contribution is 0.0755. The summed E-state index contributed by atoms with van der Waals surface area (Å²) in [4.78, 5) is 0. The number of nitrogens with one attached hydrogen (secondary N) is 1. The summed E-state index contributed by atoms with van der Waals surface area (Å²) in [5.74, 6) is 0. The summed E-state index contributed by atoms with van der Waals surface area (Å²) in [5.41, 5.74) is 0. The average molecular weight is 114 g/mol. The second kappa shape index (κ2) is 2.46. The van der Waals surface area contributed by atoms with Crippen LogP contribution < -0.4 is 5.32 Å². The molecule has 1 heterocycles. The van der Waals surface area contributed by atoms with E-state index in [0.717, 1.165) is 13.0 Å². The summed E-state index contributed by atoms with van der Waals surface area (Å²) in [6.45, 7) is 2.76. The van der Waals surface area contributed by atoms with E-state index < -0.39 is 6.10 Å². The summed E-state index contributed by atoms with van der Waals surface area (Å²) >= 11 is 0. The molecule has 1 rings (SSSR count). The predicted molar refractivity (Wildman–Crippen MR) is 31.2 cm³/mol. The van der Waals surface area contributed by atoms with Gasteiger partial charge in [0.2, 0.25) is 0 Å². The van der Waals surface area contributed by atoms with Crippen molar-refractivity contribution in [2.24, 2.45) is 0 Å². The van der Waals surface area contributed by atoms with E-state index in [0.29, 0.717) is 0 Å². The molecule has 2 heteroatoms. The molecule has 8 heavy (non-hydrogen) atoms. The van der Waals surface area contributed by atoms with Gasteiger partial charge in [0.15, 0.2) is 0 Å². The van der Waals surface area contributed by atoms with Gasteiger partial charge in [-0.05, 0) is 26.3 Å². The minimum Gasteiger partial charge on any atom is -0.311 e. The van der Waals surface area contributed by atoms with Gasteiger partial charge in [-0.1, -0.05) is 0 Å². The molecule has 1 N–H and O–H groups in total. The van der Waals surface area contributed by atoms with Crippen LogP contribution in [-0.4, -0.2) is 18.7 Å². The van der Waals surface area contributed by atoms with Gasteiger partial charge in [-0.25, -0.2) is 5.11 Å². The summed E-state index contributed by atoms with van der Waals surface area (Å²) < 4.78 is 0.